The van der Waals surface area contributed by atoms with Gasteiger partial charge in [0.25, 0.3) is 0 Å². The number of carboxylic acids is 1. The number of H-pyrrole nitrogens is 1. The molecule has 1 aliphatic heterocycles. The highest BCUT2D eigenvalue weighted by molar-refractivity contribution is 6.00. The van der Waals surface area contributed by atoms with Crippen molar-refractivity contribution in [1.29, 1.82) is 0 Å². The lowest BCUT2D eigenvalue weighted by molar-refractivity contribution is -0.153. The maximum absolute atomic E-state index is 16.2. The summed E-state index contributed by atoms with van der Waals surface area (Å²) < 4.78 is 43.2. The van der Waals surface area contributed by atoms with Gasteiger partial charge in [0.05, 0.1) is 24.9 Å². The van der Waals surface area contributed by atoms with E-state index in [9.17, 15) is 14.3 Å². The van der Waals surface area contributed by atoms with Gasteiger partial charge in [0.2, 0.25) is 0 Å². The van der Waals surface area contributed by atoms with Crippen molar-refractivity contribution in [2.75, 3.05) is 20.3 Å². The van der Waals surface area contributed by atoms with Gasteiger partial charge >= 0.3 is 5.97 Å². The molecular formula is C26H27F2N3O4. The van der Waals surface area contributed by atoms with E-state index in [0.29, 0.717) is 46.9 Å². The first kappa shape index (κ1) is 23.4. The van der Waals surface area contributed by atoms with Crippen LogP contribution >= 0.6 is 0 Å². The van der Waals surface area contributed by atoms with Gasteiger partial charge in [0, 0.05) is 40.6 Å². The Bertz CT molecular complexity index is 1400. The molecule has 1 fully saturated rings. The Morgan fingerprint density at radius 1 is 1.29 bits per heavy atom. The van der Waals surface area contributed by atoms with Crippen LogP contribution in [0.4, 0.5) is 8.78 Å². The van der Waals surface area contributed by atoms with Crippen LogP contribution in [0.1, 0.15) is 43.9 Å². The number of aromatic amines is 1. The van der Waals surface area contributed by atoms with E-state index in [0.717, 1.165) is 11.3 Å². The summed E-state index contributed by atoms with van der Waals surface area (Å²) in [7, 11) is 1.61. The minimum Gasteiger partial charge on any atom is -0.479 e. The molecule has 2 aromatic carbocycles. The first-order valence-corrected chi connectivity index (χ1v) is 11.5. The summed E-state index contributed by atoms with van der Waals surface area (Å²) in [6, 6.07) is 7.96. The Morgan fingerprint density at radius 2 is 2.03 bits per heavy atom. The topological polar surface area (TPSA) is 89.4 Å². The average molecular weight is 484 g/mol. The third-order valence-corrected chi connectivity index (χ3v) is 6.84. The van der Waals surface area contributed by atoms with Crippen molar-refractivity contribution in [3.63, 3.8) is 0 Å². The molecule has 0 radical (unpaired) electrons. The molecule has 2 aromatic heterocycles. The predicted molar refractivity (Wildman–Crippen MR) is 127 cm³/mol. The van der Waals surface area contributed by atoms with Crippen molar-refractivity contribution < 1.29 is 28.2 Å². The third-order valence-electron chi connectivity index (χ3n) is 6.84. The standard InChI is InChI=1S/C26H27F2N3O4/c1-26(2,13-34-3)24-20(14-4-9-19(25(32)33)35-12-14)21-18(10-15-11-29-30-23(15)22(21)28)31(24)17-7-5-16(27)6-8-17/h5-8,10-11,14,19H,4,9,12-13H2,1-3H3,(H,29,30)(H,32,33)/t14-,19+/m1/s1. The number of carboxylic acid groups (broad SMARTS) is 1. The molecule has 3 heterocycles. The van der Waals surface area contributed by atoms with Crippen molar-refractivity contribution in [3.8, 4) is 5.69 Å². The minimum atomic E-state index is -0.998. The Kier molecular flexibility index (Phi) is 5.85. The van der Waals surface area contributed by atoms with Gasteiger partial charge in [0.1, 0.15) is 11.3 Å². The van der Waals surface area contributed by atoms with Crippen LogP contribution in [0, 0.1) is 11.6 Å². The summed E-state index contributed by atoms with van der Waals surface area (Å²) in [6.07, 6.45) is 1.54. The van der Waals surface area contributed by atoms with Crippen LogP contribution in [-0.4, -0.2) is 52.3 Å². The molecule has 184 valence electrons. The molecule has 0 bridgehead atoms. The van der Waals surface area contributed by atoms with E-state index in [4.69, 9.17) is 9.47 Å². The maximum Gasteiger partial charge on any atom is 0.332 e. The lowest BCUT2D eigenvalue weighted by atomic mass is 9.80. The molecule has 4 aromatic rings. The summed E-state index contributed by atoms with van der Waals surface area (Å²) in [5.41, 5.74) is 2.61. The van der Waals surface area contributed by atoms with Crippen LogP contribution in [0.5, 0.6) is 0 Å². The molecule has 2 atom stereocenters. The van der Waals surface area contributed by atoms with Gasteiger partial charge in [-0.1, -0.05) is 13.8 Å². The third kappa shape index (κ3) is 3.88. The van der Waals surface area contributed by atoms with E-state index in [1.807, 2.05) is 24.5 Å². The van der Waals surface area contributed by atoms with Crippen LogP contribution < -0.4 is 0 Å². The number of ether oxygens (including phenoxy) is 2. The molecular weight excluding hydrogens is 456 g/mol. The zero-order valence-corrected chi connectivity index (χ0v) is 19.8. The smallest absolute Gasteiger partial charge is 0.332 e. The Labute approximate surface area is 200 Å². The molecule has 1 aliphatic rings. The first-order valence-electron chi connectivity index (χ1n) is 11.5. The number of hydrogen-bond donors (Lipinski definition) is 2. The van der Waals surface area contributed by atoms with Gasteiger partial charge in [-0.05, 0) is 48.7 Å². The van der Waals surface area contributed by atoms with Crippen LogP contribution in [0.25, 0.3) is 27.5 Å². The summed E-state index contributed by atoms with van der Waals surface area (Å²) in [4.78, 5) is 11.5. The SMILES string of the molecule is COCC(C)(C)c1c([C@@H]2CC[C@@H](C(=O)O)OC2)c2c(F)c3[nH]ncc3cc2n1-c1ccc(F)cc1. The fraction of sp³-hybridized carbons (Fsp3) is 0.385. The zero-order chi connectivity index (χ0) is 24.9. The summed E-state index contributed by atoms with van der Waals surface area (Å²) in [6.45, 7) is 4.53. The second kappa shape index (κ2) is 8.73. The highest BCUT2D eigenvalue weighted by Crippen LogP contribution is 2.45. The van der Waals surface area contributed by atoms with Gasteiger partial charge < -0.3 is 19.1 Å². The highest BCUT2D eigenvalue weighted by atomic mass is 19.1. The number of fused-ring (bicyclic) bond motifs is 2. The number of halogens is 2. The molecule has 5 rings (SSSR count). The number of carbonyl (C=O) groups is 1. The van der Waals surface area contributed by atoms with E-state index in [1.165, 1.54) is 12.1 Å². The highest BCUT2D eigenvalue weighted by Gasteiger charge is 2.38. The summed E-state index contributed by atoms with van der Waals surface area (Å²) in [5, 5.41) is 17.2. The number of benzene rings is 2. The molecule has 0 saturated carbocycles. The lowest BCUT2D eigenvalue weighted by Gasteiger charge is -2.32. The fourth-order valence-electron chi connectivity index (χ4n) is 5.36. The zero-order valence-electron chi connectivity index (χ0n) is 19.8. The van der Waals surface area contributed by atoms with Crippen molar-refractivity contribution in [3.05, 3.63) is 59.4 Å². The lowest BCUT2D eigenvalue weighted by Crippen LogP contribution is -2.33. The molecule has 0 amide bonds. The summed E-state index contributed by atoms with van der Waals surface area (Å²) in [5.74, 6) is -2.04. The summed E-state index contributed by atoms with van der Waals surface area (Å²) >= 11 is 0. The van der Waals surface area contributed by atoms with E-state index in [-0.39, 0.29) is 18.3 Å². The van der Waals surface area contributed by atoms with Crippen LogP contribution in [0.3, 0.4) is 0 Å². The van der Waals surface area contributed by atoms with Gasteiger partial charge in [-0.2, -0.15) is 5.10 Å². The maximum atomic E-state index is 16.2. The molecule has 2 N–H and O–H groups in total. The van der Waals surface area contributed by atoms with Crippen LogP contribution in [0.15, 0.2) is 36.5 Å². The molecule has 0 spiro atoms. The van der Waals surface area contributed by atoms with Crippen molar-refractivity contribution >= 4 is 27.8 Å². The number of rotatable bonds is 6. The number of aromatic nitrogens is 3. The van der Waals surface area contributed by atoms with E-state index in [2.05, 4.69) is 10.2 Å². The fourth-order valence-corrected chi connectivity index (χ4v) is 5.36. The first-order chi connectivity index (χ1) is 16.7. The predicted octanol–water partition coefficient (Wildman–Crippen LogP) is 5.06. The van der Waals surface area contributed by atoms with Crippen molar-refractivity contribution in [1.82, 2.24) is 14.8 Å². The molecule has 1 saturated heterocycles. The van der Waals surface area contributed by atoms with Crippen LogP contribution in [0.2, 0.25) is 0 Å². The second-order valence-electron chi connectivity index (χ2n) is 9.74. The quantitative estimate of drug-likeness (QED) is 0.400. The monoisotopic (exact) mass is 483 g/mol. The number of aliphatic carboxylic acids is 1. The average Bonchev–Trinajstić information content (AvgIpc) is 3.43. The van der Waals surface area contributed by atoms with Crippen molar-refractivity contribution in [2.24, 2.45) is 0 Å². The molecule has 9 heteroatoms. The Hall–Kier alpha value is -3.30. The van der Waals surface area contributed by atoms with Gasteiger partial charge in [-0.15, -0.1) is 0 Å². The largest absolute Gasteiger partial charge is 0.479 e. The molecule has 35 heavy (non-hydrogen) atoms. The molecule has 0 aliphatic carbocycles. The Morgan fingerprint density at radius 3 is 2.66 bits per heavy atom. The van der Waals surface area contributed by atoms with Crippen LogP contribution in [-0.2, 0) is 19.7 Å². The Balaban J connectivity index is 1.86. The van der Waals surface area contributed by atoms with E-state index < -0.39 is 23.3 Å². The minimum absolute atomic E-state index is 0.149. The number of nitrogens with zero attached hydrogens (tertiary/aromatic N) is 2. The molecule has 0 unspecified atom stereocenters. The van der Waals surface area contributed by atoms with E-state index >= 15 is 4.39 Å². The normalized spacial score (nSPS) is 19.0. The van der Waals surface area contributed by atoms with Gasteiger partial charge in [-0.3, -0.25) is 5.10 Å². The number of hydrogen-bond acceptors (Lipinski definition) is 4. The van der Waals surface area contributed by atoms with Crippen molar-refractivity contribution in [2.45, 2.75) is 44.1 Å². The van der Waals surface area contributed by atoms with Gasteiger partial charge in [-0.25, -0.2) is 13.6 Å². The van der Waals surface area contributed by atoms with Gasteiger partial charge in [0.15, 0.2) is 11.9 Å². The second-order valence-corrected chi connectivity index (χ2v) is 9.74. The number of nitrogens with one attached hydrogen (secondary N) is 1. The van der Waals surface area contributed by atoms with E-state index in [1.54, 1.807) is 25.4 Å². The number of methoxy groups -OCH3 is 1. The molecule has 7 nitrogen and oxygen atoms in total.